The van der Waals surface area contributed by atoms with E-state index in [1.165, 1.54) is 0 Å². The van der Waals surface area contributed by atoms with Crippen molar-refractivity contribution >= 4 is 38.2 Å². The Kier molecular flexibility index (Phi) is 370. The Morgan fingerprint density at radius 3 is 0.609 bits per heavy atom. The van der Waals surface area contributed by atoms with Gasteiger partial charge in [-0.2, -0.15) is 16.8 Å². The third kappa shape index (κ3) is 194. The van der Waals surface area contributed by atoms with E-state index in [-0.39, 0.29) is 136 Å². The summed E-state index contributed by atoms with van der Waals surface area (Å²) in [6.07, 6.45) is 0. The van der Waals surface area contributed by atoms with Crippen molar-refractivity contribution < 1.29 is 148 Å². The van der Waals surface area contributed by atoms with Gasteiger partial charge in [-0.1, -0.05) is 0 Å². The predicted octanol–water partition coefficient (Wildman–Crippen LogP) is -15.4. The zero-order valence-electron chi connectivity index (χ0n) is 11.8. The third-order valence-corrected chi connectivity index (χ3v) is 1.55. The molecular weight excluding hydrogens is 434 g/mol. The normalized spacial score (nSPS) is 5.30. The van der Waals surface area contributed by atoms with E-state index in [1.807, 2.05) is 0 Å². The van der Waals surface area contributed by atoms with Crippen LogP contribution < -0.4 is 51.4 Å². The van der Waals surface area contributed by atoms with Crippen molar-refractivity contribution in [3.8, 4) is 0 Å². The smallest absolute Gasteiger partial charge is 1.00 e. The summed E-state index contributed by atoms with van der Waals surface area (Å²) in [6, 6.07) is 0. The van der Waals surface area contributed by atoms with Crippen molar-refractivity contribution in [2.24, 2.45) is 0 Å². The SMILES string of the molecule is O.O.O.O.O.O.O.O.O.O.O.O.O=S(=O)(O)OS(=O)(=O)O.[AlH3].[H-].[K+]. The van der Waals surface area contributed by atoms with Gasteiger partial charge in [-0.25, -0.2) is 0 Å². The Bertz CT molecular complexity index is 252. The minimum atomic E-state index is -5.12. The van der Waals surface area contributed by atoms with E-state index < -0.39 is 20.8 Å². The van der Waals surface area contributed by atoms with Crippen LogP contribution in [0.4, 0.5) is 0 Å². The molecular formula is H30AlKO19S2. The molecule has 0 unspecified atom stereocenters. The summed E-state index contributed by atoms with van der Waals surface area (Å²) in [7, 11) is -10.2. The fourth-order valence-corrected chi connectivity index (χ4v) is 0.978. The summed E-state index contributed by atoms with van der Waals surface area (Å²) in [6.45, 7) is 0. The molecule has 0 atom stereocenters. The maximum Gasteiger partial charge on any atom is 1.00 e. The maximum atomic E-state index is 9.44. The minimum Gasteiger partial charge on any atom is -1.00 e. The Labute approximate surface area is 184 Å². The van der Waals surface area contributed by atoms with Crippen molar-refractivity contribution in [1.82, 2.24) is 0 Å². The van der Waals surface area contributed by atoms with Crippen LogP contribution in [0.1, 0.15) is 1.43 Å². The van der Waals surface area contributed by atoms with Crippen molar-refractivity contribution in [3.05, 3.63) is 0 Å². The molecule has 0 amide bonds. The molecule has 0 aliphatic rings. The van der Waals surface area contributed by atoms with Gasteiger partial charge < -0.3 is 67.1 Å². The minimum absolute atomic E-state index is 0. The van der Waals surface area contributed by atoms with Gasteiger partial charge in [0.25, 0.3) is 0 Å². The van der Waals surface area contributed by atoms with Crippen LogP contribution in [0.2, 0.25) is 0 Å². The quantitative estimate of drug-likeness (QED) is 0.293. The molecule has 23 heavy (non-hydrogen) atoms. The first-order valence-electron chi connectivity index (χ1n) is 1.37. The van der Waals surface area contributed by atoms with Gasteiger partial charge in [0.2, 0.25) is 0 Å². The molecule has 0 radical (unpaired) electrons. The molecule has 0 spiro atoms. The average molecular weight is 464 g/mol. The second kappa shape index (κ2) is 56.6. The molecule has 0 saturated heterocycles. The molecule has 0 aromatic carbocycles. The zero-order valence-corrected chi connectivity index (χ0v) is 15.5. The molecule has 0 fully saturated rings. The molecule has 26 N–H and O–H groups in total. The van der Waals surface area contributed by atoms with E-state index in [0.29, 0.717) is 0 Å². The van der Waals surface area contributed by atoms with Gasteiger partial charge in [0.15, 0.2) is 17.4 Å². The second-order valence-electron chi connectivity index (χ2n) is 0.924. The van der Waals surface area contributed by atoms with Crippen LogP contribution in [0.15, 0.2) is 0 Å². The van der Waals surface area contributed by atoms with Crippen LogP contribution in [-0.2, 0) is 24.4 Å². The standard InChI is InChI=1S/Al.K.H2O7S2.12H2O.4H/c;;1-8(2,3)7-9(4,5)6;;;;;;;;;;;;;;;;/h;;(H,1,2,3)(H,4,5,6);12*1H2;;;;/q;+1;;;;;;;;;;;;;;;;;-1. The summed E-state index contributed by atoms with van der Waals surface area (Å²) in [4.78, 5) is 0. The van der Waals surface area contributed by atoms with Crippen LogP contribution in [0.5, 0.6) is 0 Å². The number of rotatable bonds is 2. The fraction of sp³-hybridized carbons (Fsp3) is 0. The van der Waals surface area contributed by atoms with E-state index in [2.05, 4.69) is 3.63 Å². The average Bonchev–Trinajstić information content (AvgIpc) is 1.14. The molecule has 0 aliphatic carbocycles. The number of hydrogen-bond donors (Lipinski definition) is 2. The first kappa shape index (κ1) is 150. The van der Waals surface area contributed by atoms with Gasteiger partial charge in [0.05, 0.1) is 0 Å². The Morgan fingerprint density at radius 2 is 0.609 bits per heavy atom. The van der Waals surface area contributed by atoms with Gasteiger partial charge in [-0.05, 0) is 0 Å². The molecule has 160 valence electrons. The van der Waals surface area contributed by atoms with Gasteiger partial charge in [0.1, 0.15) is 0 Å². The molecule has 0 heterocycles. The van der Waals surface area contributed by atoms with Gasteiger partial charge in [0, 0.05) is 0 Å². The second-order valence-corrected chi connectivity index (χ2v) is 3.18. The zero-order chi connectivity index (χ0) is 7.71. The topological polar surface area (TPSA) is 496 Å². The van der Waals surface area contributed by atoms with Crippen LogP contribution >= 0.6 is 0 Å². The fourth-order valence-electron chi connectivity index (χ4n) is 0.109. The van der Waals surface area contributed by atoms with E-state index in [9.17, 15) is 16.8 Å². The van der Waals surface area contributed by atoms with Gasteiger partial charge >= 0.3 is 72.2 Å². The van der Waals surface area contributed by atoms with Gasteiger partial charge in [-0.3, -0.25) is 9.11 Å². The monoisotopic (exact) mass is 464 g/mol. The maximum absolute atomic E-state index is 9.44. The molecule has 0 aromatic rings. The Morgan fingerprint density at radius 1 is 0.522 bits per heavy atom. The molecule has 0 rings (SSSR count). The van der Waals surface area contributed by atoms with E-state index in [4.69, 9.17) is 9.11 Å². The molecule has 0 aromatic heterocycles. The number of hydrogen-bond acceptors (Lipinski definition) is 5. The molecule has 0 bridgehead atoms. The summed E-state index contributed by atoms with van der Waals surface area (Å²) < 4.78 is 55.6. The van der Waals surface area contributed by atoms with Crippen LogP contribution in [0.25, 0.3) is 0 Å². The van der Waals surface area contributed by atoms with Crippen LogP contribution in [-0.4, -0.2) is 109 Å². The van der Waals surface area contributed by atoms with Gasteiger partial charge in [-0.15, -0.1) is 3.63 Å². The Balaban J connectivity index is -0.00000000305. The summed E-state index contributed by atoms with van der Waals surface area (Å²) >= 11 is 0. The molecule has 19 nitrogen and oxygen atoms in total. The van der Waals surface area contributed by atoms with Crippen LogP contribution in [0.3, 0.4) is 0 Å². The largest absolute Gasteiger partial charge is 1.00 e. The van der Waals surface area contributed by atoms with E-state index in [0.717, 1.165) is 0 Å². The van der Waals surface area contributed by atoms with Crippen molar-refractivity contribution in [3.63, 3.8) is 0 Å². The molecule has 23 heteroatoms. The third-order valence-electron chi connectivity index (χ3n) is 0.172. The first-order valence-corrected chi connectivity index (χ1v) is 4.10. The van der Waals surface area contributed by atoms with Crippen LogP contribution in [0, 0.1) is 0 Å². The van der Waals surface area contributed by atoms with Crippen molar-refractivity contribution in [1.29, 1.82) is 0 Å². The van der Waals surface area contributed by atoms with Crippen molar-refractivity contribution in [2.75, 3.05) is 0 Å². The Hall–Kier alpha value is 1.47. The predicted molar refractivity (Wildman–Crippen MR) is 78.6 cm³/mol. The first-order chi connectivity index (χ1) is 3.71. The summed E-state index contributed by atoms with van der Waals surface area (Å²) in [5.74, 6) is 0. The molecule has 0 saturated carbocycles. The summed E-state index contributed by atoms with van der Waals surface area (Å²) in [5.41, 5.74) is 0. The molecule has 0 aliphatic heterocycles. The van der Waals surface area contributed by atoms with Crippen molar-refractivity contribution in [2.45, 2.75) is 0 Å². The summed E-state index contributed by atoms with van der Waals surface area (Å²) in [5, 5.41) is 0. The van der Waals surface area contributed by atoms with E-state index in [1.54, 1.807) is 0 Å². The van der Waals surface area contributed by atoms with E-state index >= 15 is 0 Å².